The summed E-state index contributed by atoms with van der Waals surface area (Å²) in [6.45, 7) is 0. The van der Waals surface area contributed by atoms with Crippen molar-refractivity contribution in [3.05, 3.63) is 0 Å². The first-order valence-electron chi connectivity index (χ1n) is 5.16. The normalized spacial score (nSPS) is 30.7. The van der Waals surface area contributed by atoms with Crippen molar-refractivity contribution in [2.45, 2.75) is 31.3 Å². The van der Waals surface area contributed by atoms with E-state index in [1.54, 1.807) is 19.0 Å². The zero-order chi connectivity index (χ0) is 11.4. The molecule has 0 heterocycles. The Morgan fingerprint density at radius 3 is 2.67 bits per heavy atom. The molecule has 0 radical (unpaired) electrons. The quantitative estimate of drug-likeness (QED) is 0.533. The van der Waals surface area contributed by atoms with Gasteiger partial charge in [-0.25, -0.2) is 0 Å². The third-order valence-electron chi connectivity index (χ3n) is 2.80. The van der Waals surface area contributed by atoms with E-state index in [-0.39, 0.29) is 23.9 Å². The van der Waals surface area contributed by atoms with Crippen molar-refractivity contribution in [3.63, 3.8) is 0 Å². The monoisotopic (exact) mass is 227 g/mol. The fourth-order valence-electron chi connectivity index (χ4n) is 2.14. The standard InChI is InChI=1S/C10H18N3OP/c1-13(2)10(14)7-3-8(11)5-9(4-7)12-6-15/h7-9,12H,3-5,11H2,1-2H3/t7-,8+,9-/m0/s1. The van der Waals surface area contributed by atoms with Crippen molar-refractivity contribution in [1.82, 2.24) is 10.2 Å². The molecule has 0 saturated heterocycles. The molecule has 1 amide bonds. The number of hydrogen-bond acceptors (Lipinski definition) is 3. The van der Waals surface area contributed by atoms with Gasteiger partial charge in [0.05, 0.1) is 0 Å². The topological polar surface area (TPSA) is 58.4 Å². The first-order chi connectivity index (χ1) is 7.04. The second-order valence-electron chi connectivity index (χ2n) is 4.35. The minimum absolute atomic E-state index is 0.0305. The van der Waals surface area contributed by atoms with Crippen LogP contribution in [0.25, 0.3) is 0 Å². The maximum absolute atomic E-state index is 11.8. The number of nitrogens with zero attached hydrogens (tertiary/aromatic N) is 1. The zero-order valence-corrected chi connectivity index (χ0v) is 10.1. The summed E-state index contributed by atoms with van der Waals surface area (Å²) in [6, 6.07) is 0.312. The van der Waals surface area contributed by atoms with Crippen molar-refractivity contribution < 1.29 is 4.79 Å². The van der Waals surface area contributed by atoms with Gasteiger partial charge in [-0.2, -0.15) is 0 Å². The Labute approximate surface area is 93.1 Å². The number of carbonyl (C=O) groups excluding carboxylic acids is 1. The zero-order valence-electron chi connectivity index (χ0n) is 9.23. The molecular formula is C10H18N3OP. The van der Waals surface area contributed by atoms with E-state index in [2.05, 4.69) is 19.8 Å². The summed E-state index contributed by atoms with van der Waals surface area (Å²) in [5, 5.41) is 3.00. The molecule has 1 aliphatic carbocycles. The summed E-state index contributed by atoms with van der Waals surface area (Å²) in [5.41, 5.74) is 5.92. The number of rotatable bonds is 2. The van der Waals surface area contributed by atoms with E-state index in [4.69, 9.17) is 5.73 Å². The Hall–Kier alpha value is -0.400. The van der Waals surface area contributed by atoms with Crippen LogP contribution in [-0.4, -0.2) is 37.0 Å². The third kappa shape index (κ3) is 3.58. The molecule has 3 atom stereocenters. The molecule has 1 fully saturated rings. The van der Waals surface area contributed by atoms with E-state index in [1.165, 1.54) is 0 Å². The van der Waals surface area contributed by atoms with Crippen LogP contribution in [-0.2, 0) is 4.79 Å². The molecule has 3 N–H and O–H groups in total. The summed E-state index contributed by atoms with van der Waals surface area (Å²) in [5.74, 6) is 2.80. The van der Waals surface area contributed by atoms with Gasteiger partial charge < -0.3 is 0 Å². The fraction of sp³-hybridized carbons (Fsp3) is 0.800. The molecule has 1 aliphatic rings. The first-order valence-corrected chi connectivity index (χ1v) is 5.60. The Balaban J connectivity index is 2.59. The Morgan fingerprint density at radius 2 is 2.13 bits per heavy atom. The molecular weight excluding hydrogens is 209 g/mol. The molecule has 1 saturated carbocycles. The van der Waals surface area contributed by atoms with Gasteiger partial charge in [0.25, 0.3) is 0 Å². The first kappa shape index (κ1) is 12.7. The van der Waals surface area contributed by atoms with Gasteiger partial charge in [-0.05, 0) is 0 Å². The van der Waals surface area contributed by atoms with E-state index in [0.29, 0.717) is 0 Å². The Bertz CT molecular complexity index is 274. The van der Waals surface area contributed by atoms with Crippen LogP contribution in [0, 0.1) is 11.7 Å². The second-order valence-corrected chi connectivity index (χ2v) is 4.57. The minimum atomic E-state index is 0.0305. The fourth-order valence-corrected chi connectivity index (χ4v) is 2.32. The molecule has 0 spiro atoms. The average Bonchev–Trinajstić information content (AvgIpc) is 2.16. The SMILES string of the molecule is CN(C)C(=O)[C@H]1C[C@@H](N)C[C@@H](NC#P)C1. The molecule has 4 nitrogen and oxygen atoms in total. The van der Waals surface area contributed by atoms with Crippen molar-refractivity contribution in [3.8, 4) is 5.75 Å². The van der Waals surface area contributed by atoms with Gasteiger partial charge in [0.15, 0.2) is 0 Å². The van der Waals surface area contributed by atoms with E-state index in [9.17, 15) is 4.79 Å². The van der Waals surface area contributed by atoms with E-state index < -0.39 is 0 Å². The van der Waals surface area contributed by atoms with E-state index in [1.807, 2.05) is 0 Å². The second kappa shape index (κ2) is 5.62. The molecule has 0 aromatic rings. The van der Waals surface area contributed by atoms with Gasteiger partial charge in [0, 0.05) is 0 Å². The Kier molecular flexibility index (Phi) is 4.75. The number of nitrogens with two attached hydrogens (primary N) is 1. The molecule has 1 rings (SSSR count). The molecule has 0 unspecified atom stereocenters. The van der Waals surface area contributed by atoms with Gasteiger partial charge in [-0.15, -0.1) is 0 Å². The molecule has 5 heteroatoms. The predicted octanol–water partition coefficient (Wildman–Crippen LogP) is 0.487. The maximum atomic E-state index is 11.8. The van der Waals surface area contributed by atoms with Crippen LogP contribution in [0.5, 0.6) is 0 Å². The van der Waals surface area contributed by atoms with Crippen LogP contribution >= 0.6 is 8.70 Å². The number of carbonyl (C=O) groups is 1. The Morgan fingerprint density at radius 1 is 1.47 bits per heavy atom. The predicted molar refractivity (Wildman–Crippen MR) is 61.7 cm³/mol. The van der Waals surface area contributed by atoms with E-state index in [0.717, 1.165) is 19.3 Å². The molecule has 0 bridgehead atoms. The molecule has 0 aromatic carbocycles. The number of nitrogens with one attached hydrogen (secondary N) is 1. The van der Waals surface area contributed by atoms with Crippen molar-refractivity contribution in [2.24, 2.45) is 11.7 Å². The van der Waals surface area contributed by atoms with Crippen molar-refractivity contribution in [2.75, 3.05) is 14.1 Å². The summed E-state index contributed by atoms with van der Waals surface area (Å²) in [4.78, 5) is 13.4. The van der Waals surface area contributed by atoms with Crippen LogP contribution in [0.3, 0.4) is 0 Å². The number of amides is 1. The van der Waals surface area contributed by atoms with Crippen molar-refractivity contribution in [1.29, 1.82) is 0 Å². The average molecular weight is 227 g/mol. The molecule has 0 aliphatic heterocycles. The molecule has 0 aromatic heterocycles. The summed E-state index contributed by atoms with van der Waals surface area (Å²) >= 11 is 0. The van der Waals surface area contributed by atoms with Crippen LogP contribution in [0.2, 0.25) is 0 Å². The van der Waals surface area contributed by atoms with E-state index >= 15 is 0 Å². The summed E-state index contributed by atoms with van der Waals surface area (Å²) < 4.78 is 0. The van der Waals surface area contributed by atoms with Gasteiger partial charge in [-0.1, -0.05) is 0 Å². The van der Waals surface area contributed by atoms with Crippen LogP contribution in [0.1, 0.15) is 19.3 Å². The van der Waals surface area contributed by atoms with Crippen LogP contribution in [0.15, 0.2) is 0 Å². The van der Waals surface area contributed by atoms with Gasteiger partial charge >= 0.3 is 92.5 Å². The molecule has 84 valence electrons. The van der Waals surface area contributed by atoms with Crippen molar-refractivity contribution >= 4 is 14.6 Å². The summed E-state index contributed by atoms with van der Waals surface area (Å²) in [7, 11) is 7.44. The third-order valence-corrected chi connectivity index (χ3v) is 2.93. The van der Waals surface area contributed by atoms with Crippen LogP contribution in [0.4, 0.5) is 0 Å². The number of hydrogen-bond donors (Lipinski definition) is 2. The van der Waals surface area contributed by atoms with Gasteiger partial charge in [-0.3, -0.25) is 0 Å². The van der Waals surface area contributed by atoms with Gasteiger partial charge in [0.1, 0.15) is 0 Å². The molecule has 15 heavy (non-hydrogen) atoms. The van der Waals surface area contributed by atoms with Gasteiger partial charge in [0.2, 0.25) is 0 Å². The van der Waals surface area contributed by atoms with Crippen LogP contribution < -0.4 is 11.1 Å². The summed E-state index contributed by atoms with van der Waals surface area (Å²) in [6.07, 6.45) is 2.48.